The molecule has 2 aromatic carbocycles. The van der Waals surface area contributed by atoms with E-state index in [0.29, 0.717) is 12.0 Å². The van der Waals surface area contributed by atoms with E-state index < -0.39 is 0 Å². The minimum Gasteiger partial charge on any atom is -0.312 e. The summed E-state index contributed by atoms with van der Waals surface area (Å²) >= 11 is 0. The molecule has 2 unspecified atom stereocenters. The first-order valence-corrected chi connectivity index (χ1v) is 7.11. The van der Waals surface area contributed by atoms with Crippen LogP contribution in [0.25, 0.3) is 0 Å². The Morgan fingerprint density at radius 1 is 1.05 bits per heavy atom. The predicted molar refractivity (Wildman–Crippen MR) is 80.5 cm³/mol. The lowest BCUT2D eigenvalue weighted by atomic mass is 9.88. The first-order chi connectivity index (χ1) is 9.29. The standard InChI is InChI=1S/C18H21N/c1-13-7-9-15(10-8-13)18(19-2)17-12-11-14-5-3-4-6-16(14)17/h3-10,17-19H,11-12H2,1-2H3. The molecule has 2 atom stereocenters. The molecule has 0 fully saturated rings. The number of fused-ring (bicyclic) bond motifs is 1. The summed E-state index contributed by atoms with van der Waals surface area (Å²) in [7, 11) is 2.07. The fraction of sp³-hybridized carbons (Fsp3) is 0.333. The number of hydrogen-bond acceptors (Lipinski definition) is 1. The van der Waals surface area contributed by atoms with Gasteiger partial charge >= 0.3 is 0 Å². The summed E-state index contributed by atoms with van der Waals surface area (Å²) in [5.74, 6) is 0.601. The van der Waals surface area contributed by atoms with Crippen LogP contribution < -0.4 is 5.32 Å². The van der Waals surface area contributed by atoms with E-state index in [0.717, 1.165) is 0 Å². The van der Waals surface area contributed by atoms with Gasteiger partial charge in [-0.2, -0.15) is 0 Å². The van der Waals surface area contributed by atoms with Crippen molar-refractivity contribution in [2.75, 3.05) is 7.05 Å². The van der Waals surface area contributed by atoms with Gasteiger partial charge in [-0.3, -0.25) is 0 Å². The van der Waals surface area contributed by atoms with E-state index in [2.05, 4.69) is 67.8 Å². The molecule has 1 heteroatoms. The van der Waals surface area contributed by atoms with Gasteiger partial charge in [0.1, 0.15) is 0 Å². The molecule has 19 heavy (non-hydrogen) atoms. The zero-order valence-electron chi connectivity index (χ0n) is 11.7. The van der Waals surface area contributed by atoms with Gasteiger partial charge in [0.05, 0.1) is 0 Å². The molecular weight excluding hydrogens is 230 g/mol. The number of benzene rings is 2. The number of rotatable bonds is 3. The van der Waals surface area contributed by atoms with Gasteiger partial charge in [-0.05, 0) is 43.5 Å². The Labute approximate surface area is 115 Å². The van der Waals surface area contributed by atoms with Gasteiger partial charge in [0.15, 0.2) is 0 Å². The van der Waals surface area contributed by atoms with Gasteiger partial charge < -0.3 is 5.32 Å². The predicted octanol–water partition coefficient (Wildman–Crippen LogP) is 3.99. The quantitative estimate of drug-likeness (QED) is 0.870. The number of likely N-dealkylation sites (N-methyl/N-ethyl adjacent to an activating group) is 1. The summed E-state index contributed by atoms with van der Waals surface area (Å²) in [6.07, 6.45) is 2.46. The minimum atomic E-state index is 0.421. The molecule has 1 aliphatic rings. The zero-order valence-corrected chi connectivity index (χ0v) is 11.7. The van der Waals surface area contributed by atoms with Gasteiger partial charge in [0.25, 0.3) is 0 Å². The van der Waals surface area contributed by atoms with Crippen molar-refractivity contribution in [3.63, 3.8) is 0 Å². The molecular formula is C18H21N. The van der Waals surface area contributed by atoms with Crippen molar-refractivity contribution in [2.24, 2.45) is 0 Å². The van der Waals surface area contributed by atoms with E-state index in [1.807, 2.05) is 0 Å². The van der Waals surface area contributed by atoms with E-state index in [1.54, 1.807) is 0 Å². The second-order valence-electron chi connectivity index (χ2n) is 5.52. The monoisotopic (exact) mass is 251 g/mol. The topological polar surface area (TPSA) is 12.0 Å². The highest BCUT2D eigenvalue weighted by molar-refractivity contribution is 5.38. The highest BCUT2D eigenvalue weighted by Gasteiger charge is 2.29. The van der Waals surface area contributed by atoms with Gasteiger partial charge in [0, 0.05) is 12.0 Å². The molecule has 0 aliphatic heterocycles. The first kappa shape index (κ1) is 12.4. The average molecular weight is 251 g/mol. The van der Waals surface area contributed by atoms with Crippen molar-refractivity contribution >= 4 is 0 Å². The van der Waals surface area contributed by atoms with Crippen LogP contribution >= 0.6 is 0 Å². The van der Waals surface area contributed by atoms with Crippen molar-refractivity contribution in [3.8, 4) is 0 Å². The van der Waals surface area contributed by atoms with Gasteiger partial charge in [-0.1, -0.05) is 54.1 Å². The third kappa shape index (κ3) is 2.31. The molecule has 0 heterocycles. The zero-order chi connectivity index (χ0) is 13.2. The fourth-order valence-corrected chi connectivity index (χ4v) is 3.31. The Bertz CT molecular complexity index is 556. The van der Waals surface area contributed by atoms with Crippen LogP contribution in [0.4, 0.5) is 0 Å². The normalized spacial score (nSPS) is 19.2. The Morgan fingerprint density at radius 2 is 1.79 bits per heavy atom. The molecule has 2 aromatic rings. The van der Waals surface area contributed by atoms with Crippen molar-refractivity contribution in [1.82, 2.24) is 5.32 Å². The van der Waals surface area contributed by atoms with Crippen LogP contribution in [-0.2, 0) is 6.42 Å². The Morgan fingerprint density at radius 3 is 2.53 bits per heavy atom. The van der Waals surface area contributed by atoms with Crippen molar-refractivity contribution < 1.29 is 0 Å². The van der Waals surface area contributed by atoms with Gasteiger partial charge in [-0.15, -0.1) is 0 Å². The van der Waals surface area contributed by atoms with Gasteiger partial charge in [0.2, 0.25) is 0 Å². The van der Waals surface area contributed by atoms with E-state index >= 15 is 0 Å². The van der Waals surface area contributed by atoms with E-state index in [-0.39, 0.29) is 0 Å². The molecule has 0 bridgehead atoms. The lowest BCUT2D eigenvalue weighted by molar-refractivity contribution is 0.477. The molecule has 3 rings (SSSR count). The largest absolute Gasteiger partial charge is 0.312 e. The second kappa shape index (κ2) is 5.18. The summed E-state index contributed by atoms with van der Waals surface area (Å²) in [5.41, 5.74) is 5.78. The van der Waals surface area contributed by atoms with Crippen molar-refractivity contribution in [2.45, 2.75) is 31.7 Å². The third-order valence-electron chi connectivity index (χ3n) is 4.33. The van der Waals surface area contributed by atoms with Crippen LogP contribution in [0.3, 0.4) is 0 Å². The summed E-state index contributed by atoms with van der Waals surface area (Å²) in [5, 5.41) is 3.52. The Hall–Kier alpha value is -1.60. The highest BCUT2D eigenvalue weighted by atomic mass is 14.9. The molecule has 1 N–H and O–H groups in total. The van der Waals surface area contributed by atoms with Crippen molar-refractivity contribution in [1.29, 1.82) is 0 Å². The Balaban J connectivity index is 1.94. The van der Waals surface area contributed by atoms with E-state index in [4.69, 9.17) is 0 Å². The Kier molecular flexibility index (Phi) is 3.39. The SMILES string of the molecule is CNC(c1ccc(C)cc1)C1CCc2ccccc21. The molecule has 98 valence electrons. The van der Waals surface area contributed by atoms with Crippen LogP contribution in [0.1, 0.15) is 40.6 Å². The number of nitrogens with one attached hydrogen (secondary N) is 1. The minimum absolute atomic E-state index is 0.421. The molecule has 0 radical (unpaired) electrons. The maximum atomic E-state index is 3.52. The van der Waals surface area contributed by atoms with Gasteiger partial charge in [-0.25, -0.2) is 0 Å². The van der Waals surface area contributed by atoms with Crippen LogP contribution in [0.2, 0.25) is 0 Å². The van der Waals surface area contributed by atoms with Crippen LogP contribution in [0, 0.1) is 6.92 Å². The summed E-state index contributed by atoms with van der Waals surface area (Å²) < 4.78 is 0. The second-order valence-corrected chi connectivity index (χ2v) is 5.52. The smallest absolute Gasteiger partial charge is 0.0387 e. The van der Waals surface area contributed by atoms with Crippen LogP contribution in [-0.4, -0.2) is 7.05 Å². The van der Waals surface area contributed by atoms with Crippen LogP contribution in [0.5, 0.6) is 0 Å². The molecule has 0 saturated heterocycles. The fourth-order valence-electron chi connectivity index (χ4n) is 3.31. The van der Waals surface area contributed by atoms with Crippen LogP contribution in [0.15, 0.2) is 48.5 Å². The number of hydrogen-bond donors (Lipinski definition) is 1. The lowest BCUT2D eigenvalue weighted by Gasteiger charge is -2.24. The third-order valence-corrected chi connectivity index (χ3v) is 4.33. The average Bonchev–Trinajstić information content (AvgIpc) is 2.86. The molecule has 0 saturated carbocycles. The maximum absolute atomic E-state index is 3.52. The highest BCUT2D eigenvalue weighted by Crippen LogP contribution is 2.41. The summed E-state index contributed by atoms with van der Waals surface area (Å²) in [6.45, 7) is 2.14. The van der Waals surface area contributed by atoms with Crippen molar-refractivity contribution in [3.05, 3.63) is 70.8 Å². The van der Waals surface area contributed by atoms with E-state index in [1.165, 1.54) is 35.1 Å². The maximum Gasteiger partial charge on any atom is 0.0387 e. The number of aryl methyl sites for hydroxylation is 2. The molecule has 0 aromatic heterocycles. The lowest BCUT2D eigenvalue weighted by Crippen LogP contribution is -2.22. The van der Waals surface area contributed by atoms with E-state index in [9.17, 15) is 0 Å². The molecule has 1 nitrogen and oxygen atoms in total. The summed E-state index contributed by atoms with van der Waals surface area (Å²) in [6, 6.07) is 18.3. The summed E-state index contributed by atoms with van der Waals surface area (Å²) in [4.78, 5) is 0. The molecule has 1 aliphatic carbocycles. The first-order valence-electron chi connectivity index (χ1n) is 7.11. The molecule has 0 spiro atoms. The molecule has 0 amide bonds.